The number of nitrogens with one attached hydrogen (secondary N) is 1. The van der Waals surface area contributed by atoms with Gasteiger partial charge in [0.25, 0.3) is 0 Å². The number of aryl methyl sites for hydroxylation is 1. The summed E-state index contributed by atoms with van der Waals surface area (Å²) in [4.78, 5) is 7.16. The highest BCUT2D eigenvalue weighted by molar-refractivity contribution is 5.04. The van der Waals surface area contributed by atoms with Crippen molar-refractivity contribution in [3.63, 3.8) is 0 Å². The fraction of sp³-hybridized carbons (Fsp3) is 0.875. The highest BCUT2D eigenvalue weighted by Crippen LogP contribution is 2.32. The summed E-state index contributed by atoms with van der Waals surface area (Å²) in [5.41, 5.74) is 0.235. The zero-order chi connectivity index (χ0) is 15.3. The van der Waals surface area contributed by atoms with Gasteiger partial charge in [-0.25, -0.2) is 4.98 Å². The standard InChI is InChI=1S/C16H31N5/c1-5-16(6-2,21-10-8-9-11-21)14(17-7-3)12-15-18-13-19-20(15)4/h13-14,17H,5-12H2,1-4H3. The van der Waals surface area contributed by atoms with Crippen LogP contribution in [0, 0.1) is 0 Å². The maximum absolute atomic E-state index is 4.44. The van der Waals surface area contributed by atoms with Crippen molar-refractivity contribution in [3.05, 3.63) is 12.2 Å². The number of hydrogen-bond donors (Lipinski definition) is 1. The quantitative estimate of drug-likeness (QED) is 0.796. The fourth-order valence-corrected chi connectivity index (χ4v) is 3.96. The van der Waals surface area contributed by atoms with E-state index in [4.69, 9.17) is 0 Å². The van der Waals surface area contributed by atoms with Gasteiger partial charge in [-0.05, 0) is 45.3 Å². The largest absolute Gasteiger partial charge is 0.312 e. The lowest BCUT2D eigenvalue weighted by Crippen LogP contribution is -2.61. The molecule has 5 heteroatoms. The van der Waals surface area contributed by atoms with Crippen molar-refractivity contribution in [1.82, 2.24) is 25.0 Å². The van der Waals surface area contributed by atoms with E-state index in [9.17, 15) is 0 Å². The molecule has 120 valence electrons. The molecule has 1 atom stereocenters. The van der Waals surface area contributed by atoms with E-state index in [-0.39, 0.29) is 5.54 Å². The van der Waals surface area contributed by atoms with Gasteiger partial charge in [0.1, 0.15) is 12.2 Å². The molecule has 0 radical (unpaired) electrons. The molecule has 1 fully saturated rings. The summed E-state index contributed by atoms with van der Waals surface area (Å²) in [5, 5.41) is 7.97. The van der Waals surface area contributed by atoms with Gasteiger partial charge < -0.3 is 5.32 Å². The molecule has 1 unspecified atom stereocenters. The van der Waals surface area contributed by atoms with Gasteiger partial charge in [-0.2, -0.15) is 5.10 Å². The molecule has 0 aliphatic carbocycles. The van der Waals surface area contributed by atoms with Crippen LogP contribution >= 0.6 is 0 Å². The SMILES string of the molecule is CCNC(Cc1ncnn1C)C(CC)(CC)N1CCCC1. The summed E-state index contributed by atoms with van der Waals surface area (Å²) in [5.74, 6) is 1.08. The summed E-state index contributed by atoms with van der Waals surface area (Å²) in [6, 6.07) is 0.429. The predicted molar refractivity (Wildman–Crippen MR) is 86.3 cm³/mol. The van der Waals surface area contributed by atoms with Gasteiger partial charge in [0.05, 0.1) is 0 Å². The van der Waals surface area contributed by atoms with Crippen LogP contribution in [0.1, 0.15) is 52.3 Å². The van der Waals surface area contributed by atoms with E-state index in [1.54, 1.807) is 6.33 Å². The number of likely N-dealkylation sites (N-methyl/N-ethyl adjacent to an activating group) is 1. The fourth-order valence-electron chi connectivity index (χ4n) is 3.96. The molecule has 2 heterocycles. The number of hydrogen-bond acceptors (Lipinski definition) is 4. The van der Waals surface area contributed by atoms with Gasteiger partial charge in [0, 0.05) is 25.0 Å². The zero-order valence-corrected chi connectivity index (χ0v) is 14.1. The molecule has 21 heavy (non-hydrogen) atoms. The summed E-state index contributed by atoms with van der Waals surface area (Å²) >= 11 is 0. The predicted octanol–water partition coefficient (Wildman–Crippen LogP) is 1.99. The van der Waals surface area contributed by atoms with E-state index in [0.29, 0.717) is 6.04 Å². The first-order valence-electron chi connectivity index (χ1n) is 8.49. The Hall–Kier alpha value is -0.940. The minimum atomic E-state index is 0.235. The van der Waals surface area contributed by atoms with Crippen LogP contribution in [-0.4, -0.2) is 50.9 Å². The molecular weight excluding hydrogens is 262 g/mol. The van der Waals surface area contributed by atoms with Crippen molar-refractivity contribution in [2.24, 2.45) is 7.05 Å². The third kappa shape index (κ3) is 3.29. The van der Waals surface area contributed by atoms with Crippen molar-refractivity contribution in [2.45, 2.75) is 64.5 Å². The first kappa shape index (κ1) is 16.4. The molecule has 1 aromatic rings. The molecule has 0 aromatic carbocycles. The molecule has 1 saturated heterocycles. The summed E-state index contributed by atoms with van der Waals surface area (Å²) < 4.78 is 1.91. The summed E-state index contributed by atoms with van der Waals surface area (Å²) in [6.07, 6.45) is 7.64. The Labute approximate surface area is 129 Å². The monoisotopic (exact) mass is 293 g/mol. The molecule has 0 spiro atoms. The lowest BCUT2D eigenvalue weighted by atomic mass is 9.80. The van der Waals surface area contributed by atoms with Crippen LogP contribution in [0.4, 0.5) is 0 Å². The lowest BCUT2D eigenvalue weighted by molar-refractivity contribution is 0.0616. The Balaban J connectivity index is 2.25. The number of nitrogens with zero attached hydrogens (tertiary/aromatic N) is 4. The van der Waals surface area contributed by atoms with Gasteiger partial charge in [-0.1, -0.05) is 20.8 Å². The zero-order valence-electron chi connectivity index (χ0n) is 14.1. The number of rotatable bonds is 8. The molecule has 1 aliphatic heterocycles. The molecule has 0 saturated carbocycles. The van der Waals surface area contributed by atoms with Crippen molar-refractivity contribution < 1.29 is 0 Å². The summed E-state index contributed by atoms with van der Waals surface area (Å²) in [6.45, 7) is 10.3. The normalized spacial score (nSPS) is 18.3. The van der Waals surface area contributed by atoms with Crippen molar-refractivity contribution in [2.75, 3.05) is 19.6 Å². The highest BCUT2D eigenvalue weighted by Gasteiger charge is 2.42. The van der Waals surface area contributed by atoms with E-state index in [1.807, 2.05) is 11.7 Å². The lowest BCUT2D eigenvalue weighted by Gasteiger charge is -2.47. The van der Waals surface area contributed by atoms with Crippen molar-refractivity contribution >= 4 is 0 Å². The molecule has 1 N–H and O–H groups in total. The van der Waals surface area contributed by atoms with E-state index in [0.717, 1.165) is 18.8 Å². The van der Waals surface area contributed by atoms with Crippen LogP contribution in [-0.2, 0) is 13.5 Å². The molecular formula is C16H31N5. The maximum atomic E-state index is 4.44. The minimum Gasteiger partial charge on any atom is -0.312 e. The average molecular weight is 293 g/mol. The van der Waals surface area contributed by atoms with Crippen LogP contribution < -0.4 is 5.32 Å². The first-order valence-corrected chi connectivity index (χ1v) is 8.49. The summed E-state index contributed by atoms with van der Waals surface area (Å²) in [7, 11) is 1.99. The van der Waals surface area contributed by atoms with E-state index < -0.39 is 0 Å². The van der Waals surface area contributed by atoms with Crippen molar-refractivity contribution in [1.29, 1.82) is 0 Å². The van der Waals surface area contributed by atoms with Crippen LogP contribution in [0.15, 0.2) is 6.33 Å². The molecule has 1 aromatic heterocycles. The Kier molecular flexibility index (Phi) is 5.76. The third-order valence-corrected chi connectivity index (χ3v) is 5.25. The topological polar surface area (TPSA) is 46.0 Å². The van der Waals surface area contributed by atoms with Gasteiger partial charge in [-0.3, -0.25) is 9.58 Å². The van der Waals surface area contributed by atoms with Gasteiger partial charge >= 0.3 is 0 Å². The van der Waals surface area contributed by atoms with E-state index in [2.05, 4.69) is 41.1 Å². The van der Waals surface area contributed by atoms with E-state index in [1.165, 1.54) is 38.8 Å². The molecule has 0 amide bonds. The van der Waals surface area contributed by atoms with Crippen LogP contribution in [0.25, 0.3) is 0 Å². The highest BCUT2D eigenvalue weighted by atomic mass is 15.3. The van der Waals surface area contributed by atoms with E-state index >= 15 is 0 Å². The Morgan fingerprint density at radius 1 is 1.24 bits per heavy atom. The van der Waals surface area contributed by atoms with Gasteiger partial charge in [0.15, 0.2) is 0 Å². The second-order valence-corrected chi connectivity index (χ2v) is 6.12. The first-order chi connectivity index (χ1) is 10.2. The minimum absolute atomic E-state index is 0.235. The van der Waals surface area contributed by atoms with Gasteiger partial charge in [0.2, 0.25) is 0 Å². The van der Waals surface area contributed by atoms with Crippen molar-refractivity contribution in [3.8, 4) is 0 Å². The number of likely N-dealkylation sites (tertiary alicyclic amines) is 1. The number of aromatic nitrogens is 3. The average Bonchev–Trinajstić information content (AvgIpc) is 3.14. The smallest absolute Gasteiger partial charge is 0.138 e. The molecule has 5 nitrogen and oxygen atoms in total. The molecule has 2 rings (SSSR count). The Morgan fingerprint density at radius 2 is 1.90 bits per heavy atom. The van der Waals surface area contributed by atoms with Crippen LogP contribution in [0.3, 0.4) is 0 Å². The Bertz CT molecular complexity index is 418. The second-order valence-electron chi connectivity index (χ2n) is 6.12. The molecule has 0 bridgehead atoms. The third-order valence-electron chi connectivity index (χ3n) is 5.25. The maximum Gasteiger partial charge on any atom is 0.138 e. The van der Waals surface area contributed by atoms with Crippen LogP contribution in [0.5, 0.6) is 0 Å². The Morgan fingerprint density at radius 3 is 2.38 bits per heavy atom. The van der Waals surface area contributed by atoms with Gasteiger partial charge in [-0.15, -0.1) is 0 Å². The van der Waals surface area contributed by atoms with Crippen LogP contribution in [0.2, 0.25) is 0 Å². The second kappa shape index (κ2) is 7.36. The molecule has 1 aliphatic rings.